The highest BCUT2D eigenvalue weighted by molar-refractivity contribution is 7.89. The van der Waals surface area contributed by atoms with Gasteiger partial charge in [-0.05, 0) is 36.6 Å². The molecule has 1 fully saturated rings. The molecule has 0 unspecified atom stereocenters. The van der Waals surface area contributed by atoms with Gasteiger partial charge in [0.1, 0.15) is 0 Å². The topological polar surface area (TPSA) is 94.9 Å². The number of nitrogens with zero attached hydrogens (tertiary/aromatic N) is 1. The number of aliphatic hydroxyl groups is 1. The van der Waals surface area contributed by atoms with Crippen LogP contribution >= 0.6 is 0 Å². The summed E-state index contributed by atoms with van der Waals surface area (Å²) in [5, 5.41) is 17.6. The molecule has 0 aromatic heterocycles. The van der Waals surface area contributed by atoms with Gasteiger partial charge in [0.25, 0.3) is 0 Å². The molecule has 0 saturated heterocycles. The smallest absolute Gasteiger partial charge is 0.328 e. The summed E-state index contributed by atoms with van der Waals surface area (Å²) in [4.78, 5) is 10.6. The number of carbonyl (C=O) groups is 1. The highest BCUT2D eigenvalue weighted by atomic mass is 32.2. The van der Waals surface area contributed by atoms with Crippen LogP contribution in [0.2, 0.25) is 0 Å². The van der Waals surface area contributed by atoms with E-state index in [9.17, 15) is 13.2 Å². The van der Waals surface area contributed by atoms with E-state index in [-0.39, 0.29) is 24.1 Å². The van der Waals surface area contributed by atoms with E-state index in [1.54, 1.807) is 12.1 Å². The van der Waals surface area contributed by atoms with E-state index in [1.165, 1.54) is 22.5 Å². The van der Waals surface area contributed by atoms with Crippen LogP contribution in [0.4, 0.5) is 0 Å². The maximum absolute atomic E-state index is 12.5. The molecule has 1 saturated carbocycles. The van der Waals surface area contributed by atoms with Gasteiger partial charge in [-0.1, -0.05) is 12.1 Å². The van der Waals surface area contributed by atoms with Crippen LogP contribution in [0.15, 0.2) is 35.2 Å². The first kappa shape index (κ1) is 15.7. The minimum absolute atomic E-state index is 0.0197. The molecule has 1 aromatic carbocycles. The number of carboxylic acid groups (broad SMARTS) is 1. The molecule has 6 nitrogen and oxygen atoms in total. The van der Waals surface area contributed by atoms with Crippen molar-refractivity contribution in [3.05, 3.63) is 35.9 Å². The molecule has 21 heavy (non-hydrogen) atoms. The summed E-state index contributed by atoms with van der Waals surface area (Å²) in [6.45, 7) is -0.122. The molecule has 2 rings (SSSR count). The minimum atomic E-state index is -3.62. The van der Waals surface area contributed by atoms with Gasteiger partial charge in [-0.2, -0.15) is 4.31 Å². The lowest BCUT2D eigenvalue weighted by atomic mass is 10.2. The van der Waals surface area contributed by atoms with Crippen molar-refractivity contribution >= 4 is 22.1 Å². The lowest BCUT2D eigenvalue weighted by Gasteiger charge is -2.20. The standard InChI is InChI=1S/C14H17NO5S/c16-10-9-15(12-4-5-12)21(19,20)13-6-1-11(2-7-13)3-8-14(17)18/h1-3,6-8,12,16H,4-5,9-10H2,(H,17,18)/b8-3+. The number of rotatable bonds is 7. The summed E-state index contributed by atoms with van der Waals surface area (Å²) in [7, 11) is -3.62. The van der Waals surface area contributed by atoms with E-state index in [0.29, 0.717) is 5.56 Å². The van der Waals surface area contributed by atoms with E-state index in [4.69, 9.17) is 10.2 Å². The van der Waals surface area contributed by atoms with Gasteiger partial charge in [0, 0.05) is 18.7 Å². The number of aliphatic hydroxyl groups excluding tert-OH is 1. The van der Waals surface area contributed by atoms with Crippen molar-refractivity contribution in [3.63, 3.8) is 0 Å². The second-order valence-electron chi connectivity index (χ2n) is 4.81. The van der Waals surface area contributed by atoms with Crippen LogP contribution in [0.3, 0.4) is 0 Å². The van der Waals surface area contributed by atoms with Crippen molar-refractivity contribution in [2.75, 3.05) is 13.2 Å². The Balaban J connectivity index is 2.21. The average Bonchev–Trinajstić information content (AvgIpc) is 3.27. The second kappa shape index (κ2) is 6.38. The van der Waals surface area contributed by atoms with E-state index < -0.39 is 16.0 Å². The van der Waals surface area contributed by atoms with E-state index in [0.717, 1.165) is 18.9 Å². The molecule has 1 aliphatic rings. The Kier molecular flexibility index (Phi) is 4.76. The maximum atomic E-state index is 12.5. The summed E-state index contributed by atoms with van der Waals surface area (Å²) in [5.41, 5.74) is 0.608. The van der Waals surface area contributed by atoms with E-state index >= 15 is 0 Å². The molecule has 0 aliphatic heterocycles. The summed E-state index contributed by atoms with van der Waals surface area (Å²) in [6.07, 6.45) is 4.02. The predicted octanol–water partition coefficient (Wildman–Crippen LogP) is 0.930. The van der Waals surface area contributed by atoms with Crippen LogP contribution in [0.5, 0.6) is 0 Å². The lowest BCUT2D eigenvalue weighted by molar-refractivity contribution is -0.131. The third kappa shape index (κ3) is 3.90. The molecular weight excluding hydrogens is 294 g/mol. The molecule has 0 heterocycles. The van der Waals surface area contributed by atoms with E-state index in [2.05, 4.69) is 0 Å². The van der Waals surface area contributed by atoms with Gasteiger partial charge in [0.15, 0.2) is 0 Å². The third-order valence-electron chi connectivity index (χ3n) is 3.18. The highest BCUT2D eigenvalue weighted by Gasteiger charge is 2.37. The van der Waals surface area contributed by atoms with Crippen molar-refractivity contribution in [2.45, 2.75) is 23.8 Å². The SMILES string of the molecule is O=C(O)/C=C/c1ccc(S(=O)(=O)N(CCO)C2CC2)cc1. The molecule has 0 spiro atoms. The van der Waals surface area contributed by atoms with Crippen LogP contribution in [0, 0.1) is 0 Å². The number of benzene rings is 1. The number of hydrogen-bond acceptors (Lipinski definition) is 4. The molecule has 0 amide bonds. The highest BCUT2D eigenvalue weighted by Crippen LogP contribution is 2.31. The summed E-state index contributed by atoms with van der Waals surface area (Å²) in [6, 6.07) is 5.98. The molecular formula is C14H17NO5S. The van der Waals surface area contributed by atoms with Gasteiger partial charge >= 0.3 is 5.97 Å². The first-order chi connectivity index (χ1) is 9.95. The molecule has 1 aromatic rings. The largest absolute Gasteiger partial charge is 0.478 e. The lowest BCUT2D eigenvalue weighted by Crippen LogP contribution is -2.35. The van der Waals surface area contributed by atoms with Gasteiger partial charge in [-0.25, -0.2) is 13.2 Å². The Hall–Kier alpha value is -1.70. The fraction of sp³-hybridized carbons (Fsp3) is 0.357. The molecule has 7 heteroatoms. The van der Waals surface area contributed by atoms with Crippen molar-refractivity contribution in [2.24, 2.45) is 0 Å². The maximum Gasteiger partial charge on any atom is 0.328 e. The van der Waals surface area contributed by atoms with E-state index in [1.807, 2.05) is 0 Å². The third-order valence-corrected chi connectivity index (χ3v) is 5.15. The Morgan fingerprint density at radius 1 is 1.29 bits per heavy atom. The molecule has 0 atom stereocenters. The Labute approximate surface area is 123 Å². The van der Waals surface area contributed by atoms with Crippen LogP contribution < -0.4 is 0 Å². The average molecular weight is 311 g/mol. The van der Waals surface area contributed by atoms with Gasteiger partial charge in [-0.15, -0.1) is 0 Å². The zero-order valence-electron chi connectivity index (χ0n) is 11.3. The van der Waals surface area contributed by atoms with Gasteiger partial charge < -0.3 is 10.2 Å². The normalized spacial score (nSPS) is 15.7. The Bertz CT molecular complexity index is 632. The van der Waals surface area contributed by atoms with Gasteiger partial charge in [0.2, 0.25) is 10.0 Å². The molecule has 0 bridgehead atoms. The zero-order valence-corrected chi connectivity index (χ0v) is 12.2. The molecule has 0 radical (unpaired) electrons. The quantitative estimate of drug-likeness (QED) is 0.730. The van der Waals surface area contributed by atoms with Crippen molar-refractivity contribution in [1.82, 2.24) is 4.31 Å². The second-order valence-corrected chi connectivity index (χ2v) is 6.70. The van der Waals surface area contributed by atoms with Crippen LogP contribution in [-0.4, -0.2) is 48.1 Å². The zero-order chi connectivity index (χ0) is 15.5. The van der Waals surface area contributed by atoms with Gasteiger partial charge in [-0.3, -0.25) is 0 Å². The van der Waals surface area contributed by atoms with Crippen LogP contribution in [0.25, 0.3) is 6.08 Å². The fourth-order valence-electron chi connectivity index (χ4n) is 2.01. The number of sulfonamides is 1. The van der Waals surface area contributed by atoms with Crippen LogP contribution in [-0.2, 0) is 14.8 Å². The Morgan fingerprint density at radius 3 is 2.38 bits per heavy atom. The van der Waals surface area contributed by atoms with Gasteiger partial charge in [0.05, 0.1) is 11.5 Å². The molecule has 114 valence electrons. The monoisotopic (exact) mass is 311 g/mol. The molecule has 1 aliphatic carbocycles. The minimum Gasteiger partial charge on any atom is -0.478 e. The number of carboxylic acids is 1. The first-order valence-corrected chi connectivity index (χ1v) is 8.03. The summed E-state index contributed by atoms with van der Waals surface area (Å²) < 4.78 is 26.3. The summed E-state index contributed by atoms with van der Waals surface area (Å²) >= 11 is 0. The molecule has 2 N–H and O–H groups in total. The van der Waals surface area contributed by atoms with Crippen molar-refractivity contribution < 1.29 is 23.4 Å². The number of aliphatic carboxylic acids is 1. The fourth-order valence-corrected chi connectivity index (χ4v) is 3.69. The first-order valence-electron chi connectivity index (χ1n) is 6.59. The Morgan fingerprint density at radius 2 is 1.90 bits per heavy atom. The van der Waals surface area contributed by atoms with Crippen molar-refractivity contribution in [1.29, 1.82) is 0 Å². The summed E-state index contributed by atoms with van der Waals surface area (Å²) in [5.74, 6) is -1.06. The predicted molar refractivity (Wildman–Crippen MR) is 77.1 cm³/mol. The van der Waals surface area contributed by atoms with Crippen LogP contribution in [0.1, 0.15) is 18.4 Å². The number of hydrogen-bond donors (Lipinski definition) is 2. The van der Waals surface area contributed by atoms with Crippen molar-refractivity contribution in [3.8, 4) is 0 Å².